The van der Waals surface area contributed by atoms with E-state index in [-0.39, 0.29) is 65.3 Å². The smallest absolute Gasteiger partial charge is 0.416 e. The van der Waals surface area contributed by atoms with E-state index in [2.05, 4.69) is 25.5 Å². The van der Waals surface area contributed by atoms with Crippen LogP contribution in [0, 0.1) is 0 Å². The zero-order chi connectivity index (χ0) is 39.8. The molecule has 1 spiro atoms. The molecule has 6 heterocycles. The average molecular weight is 801 g/mol. The predicted octanol–water partition coefficient (Wildman–Crippen LogP) is 5.79. The van der Waals surface area contributed by atoms with Gasteiger partial charge in [-0.1, -0.05) is 35.9 Å². The number of aromatic hydroxyl groups is 1. The quantitative estimate of drug-likeness (QED) is 0.201. The second kappa shape index (κ2) is 13.5. The van der Waals surface area contributed by atoms with Crippen molar-refractivity contribution in [2.75, 3.05) is 18.4 Å². The lowest BCUT2D eigenvalue weighted by molar-refractivity contribution is -0.137. The van der Waals surface area contributed by atoms with Crippen LogP contribution in [0.1, 0.15) is 72.1 Å². The summed E-state index contributed by atoms with van der Waals surface area (Å²) in [5, 5.41) is 21.5. The van der Waals surface area contributed by atoms with Crippen LogP contribution >= 0.6 is 11.6 Å². The molecular formula is C38H32ClF3N10O5. The first-order chi connectivity index (χ1) is 27.3. The summed E-state index contributed by atoms with van der Waals surface area (Å²) in [4.78, 5) is 56.4. The molecule has 0 bridgehead atoms. The molecule has 57 heavy (non-hydrogen) atoms. The third kappa shape index (κ3) is 6.37. The Morgan fingerprint density at radius 2 is 1.79 bits per heavy atom. The fourth-order valence-electron chi connectivity index (χ4n) is 7.74. The number of amides is 2. The molecule has 2 amide bonds. The highest BCUT2D eigenvalue weighted by Crippen LogP contribution is 2.48. The molecule has 4 aromatic heterocycles. The van der Waals surface area contributed by atoms with E-state index < -0.39 is 47.4 Å². The van der Waals surface area contributed by atoms with E-state index in [0.717, 1.165) is 46.9 Å². The number of carbonyl (C=O) groups excluding carboxylic acids is 2. The monoisotopic (exact) mass is 800 g/mol. The largest absolute Gasteiger partial charge is 0.505 e. The van der Waals surface area contributed by atoms with Crippen LogP contribution in [0.15, 0.2) is 71.9 Å². The Hall–Kier alpha value is -6.14. The number of halogens is 4. The van der Waals surface area contributed by atoms with Crippen molar-refractivity contribution in [3.05, 3.63) is 105 Å². The summed E-state index contributed by atoms with van der Waals surface area (Å²) in [5.74, 6) is -0.429. The first-order valence-corrected chi connectivity index (χ1v) is 18.5. The van der Waals surface area contributed by atoms with Gasteiger partial charge in [-0.3, -0.25) is 14.4 Å². The van der Waals surface area contributed by atoms with E-state index in [1.54, 1.807) is 19.1 Å². The second-order valence-electron chi connectivity index (χ2n) is 14.3. The van der Waals surface area contributed by atoms with Gasteiger partial charge in [-0.2, -0.15) is 27.8 Å². The maximum atomic E-state index is 14.6. The van der Waals surface area contributed by atoms with Gasteiger partial charge in [0.15, 0.2) is 17.3 Å². The van der Waals surface area contributed by atoms with Crippen LogP contribution < -0.4 is 10.9 Å². The minimum atomic E-state index is -4.63. The fourth-order valence-corrected chi connectivity index (χ4v) is 7.97. The zero-order valence-electron chi connectivity index (χ0n) is 30.1. The molecule has 0 unspecified atom stereocenters. The van der Waals surface area contributed by atoms with Crippen molar-refractivity contribution in [2.24, 2.45) is 0 Å². The van der Waals surface area contributed by atoms with Crippen LogP contribution in [0.5, 0.6) is 5.75 Å². The maximum absolute atomic E-state index is 14.6. The first kappa shape index (κ1) is 36.5. The van der Waals surface area contributed by atoms with Gasteiger partial charge in [0, 0.05) is 30.4 Å². The van der Waals surface area contributed by atoms with Crippen molar-refractivity contribution in [1.82, 2.24) is 43.8 Å². The average Bonchev–Trinajstić information content (AvgIpc) is 3.60. The van der Waals surface area contributed by atoms with Crippen LogP contribution in [0.4, 0.5) is 18.9 Å². The molecule has 9 rings (SSSR count). The Balaban J connectivity index is 1.09. The van der Waals surface area contributed by atoms with Gasteiger partial charge >= 0.3 is 6.18 Å². The Labute approximate surface area is 325 Å². The summed E-state index contributed by atoms with van der Waals surface area (Å²) in [7, 11) is 0. The lowest BCUT2D eigenvalue weighted by Crippen LogP contribution is -2.47. The number of benzene rings is 2. The number of ether oxygens (including phenoxy) is 1. The molecule has 2 aromatic carbocycles. The summed E-state index contributed by atoms with van der Waals surface area (Å²) in [6.07, 6.45) is 0.0378. The van der Waals surface area contributed by atoms with E-state index in [1.807, 2.05) is 16.8 Å². The molecule has 19 heteroatoms. The number of aromatic nitrogens is 8. The third-order valence-electron chi connectivity index (χ3n) is 10.6. The van der Waals surface area contributed by atoms with Gasteiger partial charge in [-0.15, -0.1) is 5.10 Å². The molecule has 2 fully saturated rings. The van der Waals surface area contributed by atoms with E-state index in [0.29, 0.717) is 17.3 Å². The molecule has 1 aliphatic carbocycles. The van der Waals surface area contributed by atoms with Crippen molar-refractivity contribution >= 4 is 34.9 Å². The molecular weight excluding hydrogens is 769 g/mol. The van der Waals surface area contributed by atoms with Gasteiger partial charge in [0.05, 0.1) is 39.7 Å². The Kier molecular flexibility index (Phi) is 8.65. The van der Waals surface area contributed by atoms with Crippen molar-refractivity contribution in [3.63, 3.8) is 0 Å². The lowest BCUT2D eigenvalue weighted by atomic mass is 9.85. The zero-order valence-corrected chi connectivity index (χ0v) is 30.8. The van der Waals surface area contributed by atoms with Crippen LogP contribution in [0.3, 0.4) is 0 Å². The summed E-state index contributed by atoms with van der Waals surface area (Å²) < 4.78 is 51.1. The Bertz CT molecular complexity index is 2650. The molecule has 3 aliphatic rings. The van der Waals surface area contributed by atoms with Crippen LogP contribution in [-0.4, -0.2) is 73.8 Å². The maximum Gasteiger partial charge on any atom is 0.416 e. The first-order valence-electron chi connectivity index (χ1n) is 18.1. The van der Waals surface area contributed by atoms with Gasteiger partial charge in [-0.05, 0) is 62.9 Å². The van der Waals surface area contributed by atoms with Gasteiger partial charge in [0.1, 0.15) is 24.2 Å². The van der Waals surface area contributed by atoms with Gasteiger partial charge in [0.2, 0.25) is 11.7 Å². The molecule has 2 N–H and O–H groups in total. The summed E-state index contributed by atoms with van der Waals surface area (Å²) in [6.45, 7) is 1.62. The molecule has 15 nitrogen and oxygen atoms in total. The number of likely N-dealkylation sites (tertiary alicyclic amines) is 1. The number of nitrogens with one attached hydrogen (secondary N) is 1. The van der Waals surface area contributed by atoms with Crippen molar-refractivity contribution in [3.8, 4) is 28.5 Å². The molecule has 1 atom stereocenters. The molecule has 1 saturated heterocycles. The van der Waals surface area contributed by atoms with Gasteiger partial charge < -0.3 is 24.6 Å². The molecule has 2 aliphatic heterocycles. The van der Waals surface area contributed by atoms with E-state index in [1.165, 1.54) is 34.1 Å². The molecule has 6 aromatic rings. The number of rotatable bonds is 7. The summed E-state index contributed by atoms with van der Waals surface area (Å²) in [6, 6.07) is 13.2. The van der Waals surface area contributed by atoms with Gasteiger partial charge in [0.25, 0.3) is 11.5 Å². The number of piperidine rings is 1. The third-order valence-corrected chi connectivity index (χ3v) is 10.9. The number of alkyl halides is 3. The number of pyridine rings is 1. The lowest BCUT2D eigenvalue weighted by Gasteiger charge is -2.39. The van der Waals surface area contributed by atoms with E-state index >= 15 is 0 Å². The van der Waals surface area contributed by atoms with Crippen molar-refractivity contribution < 1.29 is 32.6 Å². The van der Waals surface area contributed by atoms with E-state index in [4.69, 9.17) is 21.3 Å². The van der Waals surface area contributed by atoms with Gasteiger partial charge in [-0.25, -0.2) is 14.6 Å². The van der Waals surface area contributed by atoms with E-state index in [9.17, 15) is 32.7 Å². The number of fused-ring (bicyclic) bond motifs is 3. The fraction of sp³-hybridized carbons (Fsp3) is 0.316. The topological polar surface area (TPSA) is 175 Å². The van der Waals surface area contributed by atoms with Crippen LogP contribution in [0.2, 0.25) is 5.02 Å². The standard InChI is InChI=1S/C38H32ClF3N10O5/c1-20-31-29(37(57-20)12-15-49(16-13-37)35(56)30-27(53)3-2-14-43-30)34(55)52-36(50(31)18-28(54)46-26-11-8-23(17-25(26)39)38(40,41)42)47-32(48-52)21-4-6-22(7-5-21)33-44-19-45-51(33)24-9-10-24/h2-8,11,14,17,19-20,24,53H,9-10,12-13,15-16,18H2,1H3,(H,46,54)/t20-/m1/s1. The summed E-state index contributed by atoms with van der Waals surface area (Å²) >= 11 is 6.17. The predicted molar refractivity (Wildman–Crippen MR) is 197 cm³/mol. The molecule has 292 valence electrons. The molecule has 1 saturated carbocycles. The minimum absolute atomic E-state index is 0.0331. The number of anilines is 1. The van der Waals surface area contributed by atoms with Crippen molar-refractivity contribution in [2.45, 2.75) is 63.1 Å². The number of hydrogen-bond acceptors (Lipinski definition) is 10. The second-order valence-corrected chi connectivity index (χ2v) is 14.7. The number of hydrogen-bond donors (Lipinski definition) is 2. The molecule has 0 radical (unpaired) electrons. The van der Waals surface area contributed by atoms with Crippen LogP contribution in [0.25, 0.3) is 28.6 Å². The summed E-state index contributed by atoms with van der Waals surface area (Å²) in [5.41, 5.74) is -0.759. The highest BCUT2D eigenvalue weighted by molar-refractivity contribution is 6.33. The van der Waals surface area contributed by atoms with Crippen molar-refractivity contribution in [1.29, 1.82) is 0 Å². The SMILES string of the molecule is C[C@H]1OC2(CCN(C(=O)c3ncccc3O)CC2)c2c1n(CC(=O)Nc1ccc(C(F)(F)F)cc1Cl)c1nc(-c3ccc(-c4ncnn4C4CC4)cc3)nn1c2=O. The number of nitrogens with zero attached hydrogens (tertiary/aromatic N) is 9. The highest BCUT2D eigenvalue weighted by Gasteiger charge is 2.50. The minimum Gasteiger partial charge on any atom is -0.505 e. The Morgan fingerprint density at radius 3 is 2.47 bits per heavy atom. The number of carbonyl (C=O) groups is 2. The Morgan fingerprint density at radius 1 is 1.05 bits per heavy atom. The van der Waals surface area contributed by atoms with Crippen LogP contribution in [-0.2, 0) is 27.9 Å². The normalized spacial score (nSPS) is 17.6. The highest BCUT2D eigenvalue weighted by atomic mass is 35.5.